The molecule has 3 heteroatoms. The van der Waals surface area contributed by atoms with Gasteiger partial charge >= 0.3 is 0 Å². The summed E-state index contributed by atoms with van der Waals surface area (Å²) in [5.74, 6) is 0. The number of pyridine rings is 1. The minimum Gasteiger partial charge on any atom is -0.357 e. The molecule has 2 N–H and O–H groups in total. The lowest BCUT2D eigenvalue weighted by atomic mass is 10.3. The number of hydrogen-bond acceptors (Lipinski definition) is 3. The van der Waals surface area contributed by atoms with Gasteiger partial charge in [0.2, 0.25) is 0 Å². The molecule has 1 aromatic rings. The molecule has 1 radical (unpaired) electrons. The lowest BCUT2D eigenvalue weighted by Crippen LogP contribution is -1.94. The highest BCUT2D eigenvalue weighted by molar-refractivity contribution is 5.17. The Bertz CT molecular complexity index is 174. The Morgan fingerprint density at radius 3 is 2.56 bits per heavy atom. The Morgan fingerprint density at radius 2 is 2.22 bits per heavy atom. The fraction of sp³-hybridized carbons (Fsp3) is 0. The van der Waals surface area contributed by atoms with Crippen LogP contribution in [0.5, 0.6) is 0 Å². The second-order valence-electron chi connectivity index (χ2n) is 1.57. The molecule has 0 aromatic carbocycles. The molecule has 1 rings (SSSR count). The van der Waals surface area contributed by atoms with Crippen LogP contribution in [0.25, 0.3) is 0 Å². The molecule has 3 nitrogen and oxygen atoms in total. The zero-order valence-electron chi connectivity index (χ0n) is 4.65. The molecular weight excluding hydrogens is 118 g/mol. The van der Waals surface area contributed by atoms with Gasteiger partial charge in [-0.1, -0.05) is 6.07 Å². The molecule has 0 saturated carbocycles. The van der Waals surface area contributed by atoms with Crippen LogP contribution in [-0.2, 0) is 0 Å². The van der Waals surface area contributed by atoms with Crippen molar-refractivity contribution >= 4 is 0 Å². The third-order valence-electron chi connectivity index (χ3n) is 0.920. The van der Waals surface area contributed by atoms with E-state index in [1.54, 1.807) is 18.3 Å². The number of aromatic nitrogens is 1. The fourth-order valence-corrected chi connectivity index (χ4v) is 0.495. The molecule has 0 unspecified atom stereocenters. The average molecular weight is 124 g/mol. The van der Waals surface area contributed by atoms with Gasteiger partial charge in [-0.25, -0.2) is 0 Å². The first-order chi connectivity index (χ1) is 4.30. The molecule has 0 atom stereocenters. The van der Waals surface area contributed by atoms with E-state index in [0.717, 1.165) is 0 Å². The molecule has 1 heterocycles. The maximum absolute atomic E-state index is 8.46. The SMILES string of the molecule is O[C](O)c1cccnc1. The standard InChI is InChI=1S/C6H6NO2/c8-6(9)5-2-1-3-7-4-5/h1-4,8-9H. The van der Waals surface area contributed by atoms with Crippen molar-refractivity contribution in [1.82, 2.24) is 4.98 Å². The van der Waals surface area contributed by atoms with E-state index >= 15 is 0 Å². The Hall–Kier alpha value is -0.930. The highest BCUT2D eigenvalue weighted by Gasteiger charge is 2.01. The molecule has 9 heavy (non-hydrogen) atoms. The minimum absolute atomic E-state index is 0.331. The zero-order chi connectivity index (χ0) is 6.69. The van der Waals surface area contributed by atoms with Gasteiger partial charge in [0.05, 0.1) is 0 Å². The predicted molar refractivity (Wildman–Crippen MR) is 30.5 cm³/mol. The number of hydrogen-bond donors (Lipinski definition) is 2. The first-order valence-corrected chi connectivity index (χ1v) is 2.46. The number of aliphatic hydroxyl groups is 2. The van der Waals surface area contributed by atoms with Gasteiger partial charge in [0, 0.05) is 18.0 Å². The molecule has 0 aliphatic rings. The summed E-state index contributed by atoms with van der Waals surface area (Å²) < 4.78 is 0. The van der Waals surface area contributed by atoms with Crippen molar-refractivity contribution in [2.24, 2.45) is 0 Å². The Morgan fingerprint density at radius 1 is 1.44 bits per heavy atom. The third kappa shape index (κ3) is 1.48. The van der Waals surface area contributed by atoms with Crippen molar-refractivity contribution in [3.8, 4) is 0 Å². The lowest BCUT2D eigenvalue weighted by molar-refractivity contribution is 0.109. The van der Waals surface area contributed by atoms with Gasteiger partial charge < -0.3 is 10.2 Å². The molecular formula is C6H6NO2. The molecule has 0 amide bonds. The molecule has 1 aromatic heterocycles. The Labute approximate surface area is 52.6 Å². The molecule has 0 bridgehead atoms. The number of rotatable bonds is 1. The first kappa shape index (κ1) is 6.19. The van der Waals surface area contributed by atoms with Crippen LogP contribution >= 0.6 is 0 Å². The van der Waals surface area contributed by atoms with Gasteiger partial charge in [-0.3, -0.25) is 4.98 Å². The maximum atomic E-state index is 8.46. The highest BCUT2D eigenvalue weighted by Crippen LogP contribution is 2.03. The van der Waals surface area contributed by atoms with E-state index in [-0.39, 0.29) is 0 Å². The Kier molecular flexibility index (Phi) is 1.77. The van der Waals surface area contributed by atoms with E-state index in [1.807, 2.05) is 0 Å². The van der Waals surface area contributed by atoms with Crippen LogP contribution in [0, 0.1) is 6.29 Å². The van der Waals surface area contributed by atoms with Crippen LogP contribution in [0.15, 0.2) is 24.5 Å². The summed E-state index contributed by atoms with van der Waals surface area (Å²) in [5.41, 5.74) is 0.331. The summed E-state index contributed by atoms with van der Waals surface area (Å²) in [5, 5.41) is 16.9. The minimum atomic E-state index is -0.692. The quantitative estimate of drug-likeness (QED) is 0.578. The number of nitrogens with zero attached hydrogens (tertiary/aromatic N) is 1. The van der Waals surface area contributed by atoms with Crippen molar-refractivity contribution in [1.29, 1.82) is 0 Å². The van der Waals surface area contributed by atoms with Crippen molar-refractivity contribution in [2.75, 3.05) is 0 Å². The van der Waals surface area contributed by atoms with Crippen LogP contribution in [0.4, 0.5) is 0 Å². The summed E-state index contributed by atoms with van der Waals surface area (Å²) in [6, 6.07) is 3.18. The van der Waals surface area contributed by atoms with Crippen LogP contribution in [0.1, 0.15) is 5.56 Å². The van der Waals surface area contributed by atoms with Gasteiger partial charge in [-0.05, 0) is 6.07 Å². The van der Waals surface area contributed by atoms with Gasteiger partial charge in [0.1, 0.15) is 0 Å². The van der Waals surface area contributed by atoms with E-state index < -0.39 is 6.29 Å². The van der Waals surface area contributed by atoms with Crippen LogP contribution in [0.3, 0.4) is 0 Å². The molecule has 0 aliphatic heterocycles. The third-order valence-corrected chi connectivity index (χ3v) is 0.920. The van der Waals surface area contributed by atoms with Crippen LogP contribution in [0.2, 0.25) is 0 Å². The van der Waals surface area contributed by atoms with Gasteiger partial charge in [-0.15, -0.1) is 0 Å². The summed E-state index contributed by atoms with van der Waals surface area (Å²) >= 11 is 0. The van der Waals surface area contributed by atoms with E-state index in [9.17, 15) is 0 Å². The molecule has 0 fully saturated rings. The summed E-state index contributed by atoms with van der Waals surface area (Å²) in [6.45, 7) is 0. The van der Waals surface area contributed by atoms with Crippen LogP contribution < -0.4 is 0 Å². The summed E-state index contributed by atoms with van der Waals surface area (Å²) in [4.78, 5) is 3.67. The lowest BCUT2D eigenvalue weighted by Gasteiger charge is -1.96. The molecule has 0 aliphatic carbocycles. The molecule has 0 spiro atoms. The smallest absolute Gasteiger partial charge is 0.252 e. The van der Waals surface area contributed by atoms with E-state index in [2.05, 4.69) is 4.98 Å². The average Bonchev–Trinajstić information content (AvgIpc) is 1.90. The Balaban J connectivity index is 2.85. The summed E-state index contributed by atoms with van der Waals surface area (Å²) in [6.07, 6.45) is 2.24. The van der Waals surface area contributed by atoms with Gasteiger partial charge in [-0.2, -0.15) is 0 Å². The van der Waals surface area contributed by atoms with Crippen molar-refractivity contribution < 1.29 is 10.2 Å². The second-order valence-corrected chi connectivity index (χ2v) is 1.57. The van der Waals surface area contributed by atoms with Gasteiger partial charge in [0.25, 0.3) is 6.29 Å². The fourth-order valence-electron chi connectivity index (χ4n) is 0.495. The monoisotopic (exact) mass is 124 g/mol. The van der Waals surface area contributed by atoms with Crippen molar-refractivity contribution in [3.05, 3.63) is 36.4 Å². The highest BCUT2D eigenvalue weighted by atomic mass is 16.5. The van der Waals surface area contributed by atoms with E-state index in [4.69, 9.17) is 10.2 Å². The van der Waals surface area contributed by atoms with Crippen molar-refractivity contribution in [2.45, 2.75) is 0 Å². The molecule has 47 valence electrons. The predicted octanol–water partition coefficient (Wildman–Crippen LogP) is 0.664. The summed E-state index contributed by atoms with van der Waals surface area (Å²) in [7, 11) is 0. The van der Waals surface area contributed by atoms with Crippen molar-refractivity contribution in [3.63, 3.8) is 0 Å². The largest absolute Gasteiger partial charge is 0.357 e. The number of aliphatic hydroxyl groups excluding tert-OH is 1. The van der Waals surface area contributed by atoms with E-state index in [1.165, 1.54) is 6.20 Å². The topological polar surface area (TPSA) is 53.4 Å². The zero-order valence-corrected chi connectivity index (χ0v) is 4.65. The van der Waals surface area contributed by atoms with E-state index in [0.29, 0.717) is 5.56 Å². The maximum Gasteiger partial charge on any atom is 0.252 e. The second kappa shape index (κ2) is 2.57. The first-order valence-electron chi connectivity index (χ1n) is 2.46. The normalized spacial score (nSPS) is 10.1. The van der Waals surface area contributed by atoms with Gasteiger partial charge in [0.15, 0.2) is 0 Å². The molecule has 0 saturated heterocycles. The van der Waals surface area contributed by atoms with Crippen LogP contribution in [-0.4, -0.2) is 15.2 Å².